The number of nitrogens with zero attached hydrogens (tertiary/aromatic N) is 1. The van der Waals surface area contributed by atoms with Crippen LogP contribution in [0.1, 0.15) is 72.6 Å². The molecule has 1 saturated heterocycles. The molecule has 1 aliphatic heterocycles. The monoisotopic (exact) mass is 266 g/mol. The van der Waals surface area contributed by atoms with E-state index in [1.807, 2.05) is 0 Å². The van der Waals surface area contributed by atoms with Crippen molar-refractivity contribution in [1.29, 1.82) is 0 Å². The molecule has 0 radical (unpaired) electrons. The molecule has 0 aromatic heterocycles. The van der Waals surface area contributed by atoms with Gasteiger partial charge in [0.2, 0.25) is 0 Å². The molecule has 112 valence electrons. The van der Waals surface area contributed by atoms with Gasteiger partial charge in [0.25, 0.3) is 0 Å². The Balaban J connectivity index is 2.02. The summed E-state index contributed by atoms with van der Waals surface area (Å²) in [6.45, 7) is 11.9. The fourth-order valence-electron chi connectivity index (χ4n) is 4.23. The molecule has 1 aliphatic carbocycles. The molecule has 0 aromatic carbocycles. The Labute approximate surface area is 120 Å². The van der Waals surface area contributed by atoms with Crippen LogP contribution < -0.4 is 5.32 Å². The second-order valence-electron chi connectivity index (χ2n) is 7.32. The lowest BCUT2D eigenvalue weighted by Gasteiger charge is -2.51. The van der Waals surface area contributed by atoms with Gasteiger partial charge in [-0.15, -0.1) is 0 Å². The molecule has 0 aromatic rings. The third kappa shape index (κ3) is 3.52. The SMILES string of the molecule is CCC(CC)N1CC(C2CCCCC2)NCC1(C)C. The van der Waals surface area contributed by atoms with E-state index in [0.717, 1.165) is 24.5 Å². The summed E-state index contributed by atoms with van der Waals surface area (Å²) in [7, 11) is 0. The van der Waals surface area contributed by atoms with E-state index in [1.165, 1.54) is 51.5 Å². The molecule has 1 N–H and O–H groups in total. The van der Waals surface area contributed by atoms with Crippen molar-refractivity contribution in [3.8, 4) is 0 Å². The Morgan fingerprint density at radius 1 is 1.11 bits per heavy atom. The van der Waals surface area contributed by atoms with Gasteiger partial charge in [-0.25, -0.2) is 0 Å². The van der Waals surface area contributed by atoms with Crippen LogP contribution in [0.5, 0.6) is 0 Å². The maximum Gasteiger partial charge on any atom is 0.0281 e. The zero-order valence-electron chi connectivity index (χ0n) is 13.5. The molecule has 19 heavy (non-hydrogen) atoms. The van der Waals surface area contributed by atoms with Crippen LogP contribution in [0.25, 0.3) is 0 Å². The minimum absolute atomic E-state index is 0.321. The summed E-state index contributed by atoms with van der Waals surface area (Å²) >= 11 is 0. The lowest BCUT2D eigenvalue weighted by atomic mass is 9.81. The molecule has 2 aliphatic rings. The Morgan fingerprint density at radius 3 is 2.32 bits per heavy atom. The summed E-state index contributed by atoms with van der Waals surface area (Å²) in [5.74, 6) is 0.932. The Morgan fingerprint density at radius 2 is 1.74 bits per heavy atom. The summed E-state index contributed by atoms with van der Waals surface area (Å²) in [6.07, 6.45) is 9.86. The number of hydrogen-bond acceptors (Lipinski definition) is 2. The normalized spacial score (nSPS) is 29.8. The van der Waals surface area contributed by atoms with E-state index < -0.39 is 0 Å². The molecule has 2 fully saturated rings. The highest BCUT2D eigenvalue weighted by molar-refractivity contribution is 4.97. The molecule has 0 spiro atoms. The van der Waals surface area contributed by atoms with Crippen molar-refractivity contribution in [3.05, 3.63) is 0 Å². The molecule has 1 heterocycles. The van der Waals surface area contributed by atoms with Crippen LogP contribution in [0.3, 0.4) is 0 Å². The van der Waals surface area contributed by atoms with Crippen molar-refractivity contribution in [2.45, 2.75) is 90.3 Å². The van der Waals surface area contributed by atoms with Crippen LogP contribution >= 0.6 is 0 Å². The quantitative estimate of drug-likeness (QED) is 0.832. The van der Waals surface area contributed by atoms with Crippen molar-refractivity contribution in [2.24, 2.45) is 5.92 Å². The summed E-state index contributed by atoms with van der Waals surface area (Å²) in [4.78, 5) is 2.81. The zero-order chi connectivity index (χ0) is 13.9. The summed E-state index contributed by atoms with van der Waals surface area (Å²) < 4.78 is 0. The highest BCUT2D eigenvalue weighted by atomic mass is 15.3. The van der Waals surface area contributed by atoms with Gasteiger partial charge in [-0.1, -0.05) is 33.1 Å². The summed E-state index contributed by atoms with van der Waals surface area (Å²) in [5.41, 5.74) is 0.321. The Bertz CT molecular complexity index is 264. The summed E-state index contributed by atoms with van der Waals surface area (Å²) in [5, 5.41) is 3.87. The number of nitrogens with one attached hydrogen (secondary N) is 1. The van der Waals surface area contributed by atoms with Crippen molar-refractivity contribution < 1.29 is 0 Å². The second kappa shape index (κ2) is 6.58. The van der Waals surface area contributed by atoms with Crippen LogP contribution in [0.2, 0.25) is 0 Å². The van der Waals surface area contributed by atoms with E-state index in [0.29, 0.717) is 5.54 Å². The van der Waals surface area contributed by atoms with Gasteiger partial charge in [-0.05, 0) is 45.4 Å². The van der Waals surface area contributed by atoms with Gasteiger partial charge in [0.1, 0.15) is 0 Å². The molecule has 0 amide bonds. The molecular weight excluding hydrogens is 232 g/mol. The van der Waals surface area contributed by atoms with Gasteiger partial charge in [0.15, 0.2) is 0 Å². The van der Waals surface area contributed by atoms with Gasteiger partial charge in [0, 0.05) is 30.7 Å². The highest BCUT2D eigenvalue weighted by Gasteiger charge is 2.39. The first kappa shape index (κ1) is 15.3. The van der Waals surface area contributed by atoms with E-state index in [-0.39, 0.29) is 0 Å². The fraction of sp³-hybridized carbons (Fsp3) is 1.00. The number of hydrogen-bond donors (Lipinski definition) is 1. The maximum absolute atomic E-state index is 3.87. The minimum atomic E-state index is 0.321. The molecular formula is C17H34N2. The first-order valence-corrected chi connectivity index (χ1v) is 8.58. The Hall–Kier alpha value is -0.0800. The van der Waals surface area contributed by atoms with Crippen LogP contribution in [0, 0.1) is 5.92 Å². The largest absolute Gasteiger partial charge is 0.311 e. The first-order valence-electron chi connectivity index (χ1n) is 8.58. The van der Waals surface area contributed by atoms with Crippen molar-refractivity contribution >= 4 is 0 Å². The Kier molecular flexibility index (Phi) is 5.30. The lowest BCUT2D eigenvalue weighted by Crippen LogP contribution is -2.66. The lowest BCUT2D eigenvalue weighted by molar-refractivity contribution is 0.00574. The van der Waals surface area contributed by atoms with Gasteiger partial charge >= 0.3 is 0 Å². The smallest absolute Gasteiger partial charge is 0.0281 e. The minimum Gasteiger partial charge on any atom is -0.311 e. The molecule has 2 heteroatoms. The van der Waals surface area contributed by atoms with E-state index in [9.17, 15) is 0 Å². The van der Waals surface area contributed by atoms with Gasteiger partial charge in [-0.3, -0.25) is 4.90 Å². The van der Waals surface area contributed by atoms with Crippen LogP contribution in [-0.4, -0.2) is 35.6 Å². The molecule has 0 bridgehead atoms. The molecule has 1 saturated carbocycles. The van der Waals surface area contributed by atoms with Gasteiger partial charge < -0.3 is 5.32 Å². The first-order chi connectivity index (χ1) is 9.08. The van der Waals surface area contributed by atoms with E-state index in [1.54, 1.807) is 0 Å². The molecule has 2 rings (SSSR count). The zero-order valence-corrected chi connectivity index (χ0v) is 13.5. The molecule has 1 atom stereocenters. The maximum atomic E-state index is 3.87. The molecule has 1 unspecified atom stereocenters. The number of rotatable bonds is 4. The van der Waals surface area contributed by atoms with Gasteiger partial charge in [-0.2, -0.15) is 0 Å². The number of piperazine rings is 1. The average Bonchev–Trinajstić information content (AvgIpc) is 2.43. The highest BCUT2D eigenvalue weighted by Crippen LogP contribution is 2.32. The van der Waals surface area contributed by atoms with Crippen molar-refractivity contribution in [2.75, 3.05) is 13.1 Å². The third-order valence-corrected chi connectivity index (χ3v) is 5.57. The molecule has 2 nitrogen and oxygen atoms in total. The van der Waals surface area contributed by atoms with E-state index in [4.69, 9.17) is 0 Å². The topological polar surface area (TPSA) is 15.3 Å². The predicted octanol–water partition coefficient (Wildman–Crippen LogP) is 3.81. The predicted molar refractivity (Wildman–Crippen MR) is 83.5 cm³/mol. The standard InChI is InChI=1S/C17H34N2/c1-5-15(6-2)19-12-16(18-13-17(19,3)4)14-10-8-7-9-11-14/h14-16,18H,5-13H2,1-4H3. The van der Waals surface area contributed by atoms with Gasteiger partial charge in [0.05, 0.1) is 0 Å². The van der Waals surface area contributed by atoms with Crippen LogP contribution in [0.15, 0.2) is 0 Å². The second-order valence-corrected chi connectivity index (χ2v) is 7.32. The van der Waals surface area contributed by atoms with E-state index in [2.05, 4.69) is 37.9 Å². The van der Waals surface area contributed by atoms with E-state index >= 15 is 0 Å². The van der Waals surface area contributed by atoms with Crippen molar-refractivity contribution in [3.63, 3.8) is 0 Å². The van der Waals surface area contributed by atoms with Crippen LogP contribution in [0.4, 0.5) is 0 Å². The fourth-order valence-corrected chi connectivity index (χ4v) is 4.23. The average molecular weight is 266 g/mol. The van der Waals surface area contributed by atoms with Crippen molar-refractivity contribution in [1.82, 2.24) is 10.2 Å². The van der Waals surface area contributed by atoms with Crippen LogP contribution in [-0.2, 0) is 0 Å². The summed E-state index contributed by atoms with van der Waals surface area (Å²) in [6, 6.07) is 1.51. The third-order valence-electron chi connectivity index (χ3n) is 5.57.